The van der Waals surface area contributed by atoms with Gasteiger partial charge in [0.1, 0.15) is 6.26 Å². The summed E-state index contributed by atoms with van der Waals surface area (Å²) in [5.74, 6) is 0.979. The quantitative estimate of drug-likeness (QED) is 0.684. The van der Waals surface area contributed by atoms with Gasteiger partial charge in [0, 0.05) is 4.90 Å². The van der Waals surface area contributed by atoms with Crippen LogP contribution in [-0.4, -0.2) is 17.6 Å². The Bertz CT molecular complexity index is 256. The van der Waals surface area contributed by atoms with Crippen LogP contribution in [-0.2, 0) is 4.79 Å². The molecule has 0 spiro atoms. The zero-order chi connectivity index (χ0) is 9.73. The molecule has 0 radical (unpaired) electrons. The molecule has 74 valence electrons. The van der Waals surface area contributed by atoms with E-state index in [4.69, 9.17) is 4.42 Å². The van der Waals surface area contributed by atoms with Crippen molar-refractivity contribution in [3.8, 4) is 0 Å². The summed E-state index contributed by atoms with van der Waals surface area (Å²) in [5.41, 5.74) is 1.10. The van der Waals surface area contributed by atoms with Crippen LogP contribution in [0.4, 0.5) is 0 Å². The van der Waals surface area contributed by atoms with Gasteiger partial charge in [0.25, 0.3) is 0 Å². The van der Waals surface area contributed by atoms with Crippen molar-refractivity contribution in [1.82, 2.24) is 0 Å². The van der Waals surface area contributed by atoms with Gasteiger partial charge in [0.05, 0.1) is 6.26 Å². The highest BCUT2D eigenvalue weighted by Crippen LogP contribution is 2.50. The number of rotatable bonds is 5. The number of unbranched alkanes of at least 4 members (excludes halogenated alkanes) is 1. The van der Waals surface area contributed by atoms with Gasteiger partial charge in [-0.1, -0.05) is 13.3 Å². The van der Waals surface area contributed by atoms with Crippen LogP contribution in [0.2, 0.25) is 0 Å². The first-order valence-electron chi connectivity index (χ1n) is 4.46. The smallest absolute Gasteiger partial charge is 0.163 e. The maximum atomic E-state index is 11.0. The Morgan fingerprint density at radius 2 is 2.38 bits per heavy atom. The molecule has 0 saturated heterocycles. The maximum absolute atomic E-state index is 11.0. The molecular formula is C10H16O2S. The summed E-state index contributed by atoms with van der Waals surface area (Å²) in [6.07, 6.45) is 7.61. The van der Waals surface area contributed by atoms with Crippen LogP contribution >= 0.6 is 10.0 Å². The van der Waals surface area contributed by atoms with Gasteiger partial charge in [0.15, 0.2) is 5.62 Å². The van der Waals surface area contributed by atoms with Gasteiger partial charge in [-0.15, -0.1) is 0 Å². The number of carbonyl (C=O) groups excluding carboxylic acids is 1. The molecule has 0 aliphatic rings. The predicted molar refractivity (Wildman–Crippen MR) is 57.0 cm³/mol. The van der Waals surface area contributed by atoms with Crippen molar-refractivity contribution in [2.24, 2.45) is 0 Å². The van der Waals surface area contributed by atoms with Crippen LogP contribution in [0.5, 0.6) is 0 Å². The van der Waals surface area contributed by atoms with E-state index < -0.39 is 10.0 Å². The highest BCUT2D eigenvalue weighted by Gasteiger charge is 2.20. The number of furan rings is 1. The summed E-state index contributed by atoms with van der Waals surface area (Å²) >= 11 is 0. The Morgan fingerprint density at radius 1 is 1.62 bits per heavy atom. The van der Waals surface area contributed by atoms with Gasteiger partial charge in [-0.2, -0.15) is 10.0 Å². The van der Waals surface area contributed by atoms with Crippen LogP contribution in [0.3, 0.4) is 0 Å². The lowest BCUT2D eigenvalue weighted by atomic mass is 10.4. The molecule has 13 heavy (non-hydrogen) atoms. The third kappa shape index (κ3) is 2.37. The van der Waals surface area contributed by atoms with E-state index in [0.29, 0.717) is 0 Å². The van der Waals surface area contributed by atoms with Crippen LogP contribution in [0, 0.1) is 0 Å². The molecule has 1 atom stereocenters. The standard InChI is InChI=1S/C10H16O2S/c1-3-4-7-13(2,9-11)10-5-6-12-8-10/h5-6,8-9H,3-4,7H2,1-2H3. The van der Waals surface area contributed by atoms with Crippen LogP contribution in [0.25, 0.3) is 0 Å². The SMILES string of the molecule is CCCCS(C)(C=O)c1ccoc1. The molecule has 1 heterocycles. The first-order valence-corrected chi connectivity index (χ1v) is 6.74. The number of hydrogen-bond acceptors (Lipinski definition) is 2. The topological polar surface area (TPSA) is 30.2 Å². The zero-order valence-corrected chi connectivity index (χ0v) is 8.97. The molecule has 0 N–H and O–H groups in total. The number of hydrogen-bond donors (Lipinski definition) is 0. The molecule has 3 heteroatoms. The summed E-state index contributed by atoms with van der Waals surface area (Å²) in [4.78, 5) is 12.1. The molecule has 0 bridgehead atoms. The van der Waals surface area contributed by atoms with Gasteiger partial charge < -0.3 is 4.42 Å². The molecule has 1 rings (SSSR count). The minimum absolute atomic E-state index is 0.979. The second-order valence-corrected chi connectivity index (χ2v) is 6.66. The Balaban J connectivity index is 2.75. The lowest BCUT2D eigenvalue weighted by Gasteiger charge is -2.27. The fourth-order valence-electron chi connectivity index (χ4n) is 1.18. The second kappa shape index (κ2) is 4.51. The van der Waals surface area contributed by atoms with E-state index in [-0.39, 0.29) is 0 Å². The van der Waals surface area contributed by atoms with E-state index >= 15 is 0 Å². The second-order valence-electron chi connectivity index (χ2n) is 3.27. The molecule has 2 nitrogen and oxygen atoms in total. The van der Waals surface area contributed by atoms with Gasteiger partial charge in [-0.3, -0.25) is 4.79 Å². The lowest BCUT2D eigenvalue weighted by molar-refractivity contribution is 0.560. The van der Waals surface area contributed by atoms with Gasteiger partial charge in [-0.05, 0) is 24.5 Å². The largest absolute Gasteiger partial charge is 0.471 e. The maximum Gasteiger partial charge on any atom is 0.163 e. The van der Waals surface area contributed by atoms with Crippen molar-refractivity contribution >= 4 is 15.6 Å². The van der Waals surface area contributed by atoms with Crippen molar-refractivity contribution in [3.63, 3.8) is 0 Å². The highest BCUT2D eigenvalue weighted by molar-refractivity contribution is 8.43. The fourth-order valence-corrected chi connectivity index (χ4v) is 3.16. The first-order chi connectivity index (χ1) is 6.23. The molecule has 0 amide bonds. The Hall–Kier alpha value is -0.700. The van der Waals surface area contributed by atoms with E-state index in [0.717, 1.165) is 29.1 Å². The molecule has 1 aromatic rings. The molecular weight excluding hydrogens is 184 g/mol. The van der Waals surface area contributed by atoms with Gasteiger partial charge >= 0.3 is 0 Å². The number of carbonyl (C=O) groups is 1. The third-order valence-corrected chi connectivity index (χ3v) is 5.04. The molecule has 0 aliphatic heterocycles. The summed E-state index contributed by atoms with van der Waals surface area (Å²) in [7, 11) is -1.25. The van der Waals surface area contributed by atoms with E-state index in [2.05, 4.69) is 6.92 Å². The van der Waals surface area contributed by atoms with E-state index in [1.54, 1.807) is 12.5 Å². The van der Waals surface area contributed by atoms with Crippen LogP contribution in [0.1, 0.15) is 19.8 Å². The van der Waals surface area contributed by atoms with Crippen molar-refractivity contribution in [3.05, 3.63) is 18.6 Å². The van der Waals surface area contributed by atoms with Crippen LogP contribution in [0.15, 0.2) is 27.9 Å². The molecule has 0 aromatic carbocycles. The lowest BCUT2D eigenvalue weighted by Crippen LogP contribution is -2.04. The summed E-state index contributed by atoms with van der Waals surface area (Å²) in [6, 6.07) is 1.90. The highest BCUT2D eigenvalue weighted by atomic mass is 32.3. The van der Waals surface area contributed by atoms with E-state index in [1.165, 1.54) is 0 Å². The molecule has 0 saturated carbocycles. The molecule has 0 fully saturated rings. The van der Waals surface area contributed by atoms with E-state index in [9.17, 15) is 4.79 Å². The Morgan fingerprint density at radius 3 is 2.85 bits per heavy atom. The summed E-state index contributed by atoms with van der Waals surface area (Å²) in [6.45, 7) is 2.14. The molecule has 1 unspecified atom stereocenters. The zero-order valence-electron chi connectivity index (χ0n) is 8.16. The fraction of sp³-hybridized carbons (Fsp3) is 0.500. The first kappa shape index (κ1) is 10.4. The normalized spacial score (nSPS) is 17.7. The van der Waals surface area contributed by atoms with Crippen molar-refractivity contribution in [1.29, 1.82) is 0 Å². The van der Waals surface area contributed by atoms with Gasteiger partial charge in [-0.25, -0.2) is 0 Å². The van der Waals surface area contributed by atoms with Crippen LogP contribution < -0.4 is 0 Å². The van der Waals surface area contributed by atoms with Crippen molar-refractivity contribution in [2.45, 2.75) is 24.7 Å². The van der Waals surface area contributed by atoms with Crippen molar-refractivity contribution < 1.29 is 9.21 Å². The Kier molecular flexibility index (Phi) is 3.60. The predicted octanol–water partition coefficient (Wildman–Crippen LogP) is 3.06. The van der Waals surface area contributed by atoms with E-state index in [1.807, 2.05) is 12.3 Å². The average molecular weight is 200 g/mol. The minimum Gasteiger partial charge on any atom is -0.471 e. The van der Waals surface area contributed by atoms with Gasteiger partial charge in [0.2, 0.25) is 0 Å². The Labute approximate surface area is 80.6 Å². The molecule has 1 aromatic heterocycles. The molecule has 0 aliphatic carbocycles. The monoisotopic (exact) mass is 200 g/mol. The summed E-state index contributed by atoms with van der Waals surface area (Å²) < 4.78 is 5.00. The third-order valence-electron chi connectivity index (χ3n) is 2.17. The average Bonchev–Trinajstić information content (AvgIpc) is 2.67. The minimum atomic E-state index is -1.25. The summed E-state index contributed by atoms with van der Waals surface area (Å²) in [5, 5.41) is 0. The van der Waals surface area contributed by atoms with Crippen molar-refractivity contribution in [2.75, 3.05) is 12.0 Å².